The molecule has 5 heteroatoms. The van der Waals surface area contributed by atoms with Crippen LogP contribution >= 0.6 is 0 Å². The van der Waals surface area contributed by atoms with Gasteiger partial charge >= 0.3 is 0 Å². The maximum absolute atomic E-state index is 4.53. The van der Waals surface area contributed by atoms with Crippen LogP contribution in [0.25, 0.3) is 115 Å². The van der Waals surface area contributed by atoms with Crippen LogP contribution in [0.4, 0.5) is 0 Å². The van der Waals surface area contributed by atoms with Crippen LogP contribution in [0.5, 0.6) is 0 Å². The number of hydrogen-bond acceptors (Lipinski definition) is 2. The van der Waals surface area contributed by atoms with Crippen LogP contribution in [0.15, 0.2) is 189 Å². The van der Waals surface area contributed by atoms with Gasteiger partial charge in [0.15, 0.2) is 0 Å². The van der Waals surface area contributed by atoms with E-state index in [0.717, 1.165) is 22.4 Å². The molecule has 7 aromatic carbocycles. The number of hydrogen-bond donors (Lipinski definition) is 0. The molecule has 6 heterocycles. The lowest BCUT2D eigenvalue weighted by Gasteiger charge is -2.09. The van der Waals surface area contributed by atoms with Crippen molar-refractivity contribution in [3.05, 3.63) is 189 Å². The van der Waals surface area contributed by atoms with E-state index in [9.17, 15) is 0 Å². The Balaban J connectivity index is 1.04. The SMILES string of the molecule is c1ccc(-n2c3ccc(-c4ccc5c(c4)c4cc(-c6ccc7c(c6)c6ccncc6n7-c6ccccc6)cc6c7ccccc7n5c64)cc3c3ccncc32)cc1. The number of pyridine rings is 2. The first-order valence-electron chi connectivity index (χ1n) is 19.4. The Kier molecular flexibility index (Phi) is 6.10. The molecular weight excluding hydrogens is 695 g/mol. The number of fused-ring (bicyclic) bond motifs is 12. The van der Waals surface area contributed by atoms with E-state index in [-0.39, 0.29) is 0 Å². The highest BCUT2D eigenvalue weighted by molar-refractivity contribution is 6.25. The fourth-order valence-corrected chi connectivity index (χ4v) is 9.65. The third-order valence-corrected chi connectivity index (χ3v) is 12.1. The molecule has 0 atom stereocenters. The van der Waals surface area contributed by atoms with Gasteiger partial charge in [-0.25, -0.2) is 0 Å². The first-order chi connectivity index (χ1) is 28.3. The highest BCUT2D eigenvalue weighted by Gasteiger charge is 2.21. The lowest BCUT2D eigenvalue weighted by Crippen LogP contribution is -1.93. The van der Waals surface area contributed by atoms with E-state index < -0.39 is 0 Å². The fraction of sp³-hybridized carbons (Fsp3) is 0. The first-order valence-corrected chi connectivity index (χ1v) is 19.4. The van der Waals surface area contributed by atoms with Gasteiger partial charge in [0.25, 0.3) is 0 Å². The molecule has 6 aromatic heterocycles. The molecule has 0 saturated heterocycles. The van der Waals surface area contributed by atoms with Gasteiger partial charge in [0.05, 0.1) is 51.0 Å². The van der Waals surface area contributed by atoms with Crippen molar-refractivity contribution in [2.24, 2.45) is 0 Å². The second kappa shape index (κ2) is 11.4. The molecule has 0 radical (unpaired) electrons. The van der Waals surface area contributed by atoms with Crippen molar-refractivity contribution in [1.82, 2.24) is 23.5 Å². The van der Waals surface area contributed by atoms with Crippen LogP contribution < -0.4 is 0 Å². The zero-order valence-corrected chi connectivity index (χ0v) is 30.6. The van der Waals surface area contributed by atoms with E-state index >= 15 is 0 Å². The summed E-state index contributed by atoms with van der Waals surface area (Å²) in [6, 6.07) is 59.9. The molecule has 0 unspecified atom stereocenters. The highest BCUT2D eigenvalue weighted by Crippen LogP contribution is 2.44. The molecule has 5 nitrogen and oxygen atoms in total. The van der Waals surface area contributed by atoms with Gasteiger partial charge in [-0.3, -0.25) is 9.97 Å². The lowest BCUT2D eigenvalue weighted by atomic mass is 9.96. The van der Waals surface area contributed by atoms with E-state index in [1.165, 1.54) is 92.9 Å². The minimum absolute atomic E-state index is 1.11. The van der Waals surface area contributed by atoms with Crippen molar-refractivity contribution in [1.29, 1.82) is 0 Å². The average Bonchev–Trinajstić information content (AvgIpc) is 4.00. The van der Waals surface area contributed by atoms with E-state index in [4.69, 9.17) is 0 Å². The zero-order valence-electron chi connectivity index (χ0n) is 30.6. The maximum atomic E-state index is 4.53. The van der Waals surface area contributed by atoms with Gasteiger partial charge in [-0.15, -0.1) is 0 Å². The standard InChI is InChI=1S/C52H31N5/c1-3-9-36(10-4-1)55-47-18-15-32(25-41(47)39-21-23-53-30-50(39)55)33-16-20-49-43(26-33)45-29-35(28-44-38-13-7-8-14-46(38)57(49)52(44)45)34-17-19-48-42(27-34)40-22-24-54-31-51(40)56(48)37-11-5-2-6-12-37/h1-31H. The second-order valence-corrected chi connectivity index (χ2v) is 15.1. The van der Waals surface area contributed by atoms with Gasteiger partial charge < -0.3 is 13.5 Å². The van der Waals surface area contributed by atoms with Gasteiger partial charge in [0.2, 0.25) is 0 Å². The molecule has 0 saturated carbocycles. The molecule has 0 aliphatic rings. The smallest absolute Gasteiger partial charge is 0.0724 e. The largest absolute Gasteiger partial charge is 0.308 e. The Morgan fingerprint density at radius 3 is 1.30 bits per heavy atom. The van der Waals surface area contributed by atoms with Crippen LogP contribution in [-0.2, 0) is 0 Å². The van der Waals surface area contributed by atoms with Gasteiger partial charge in [-0.1, -0.05) is 72.8 Å². The Labute approximate surface area is 326 Å². The predicted octanol–water partition coefficient (Wildman–Crippen LogP) is 13.2. The predicted molar refractivity (Wildman–Crippen MR) is 236 cm³/mol. The molecule has 0 N–H and O–H groups in total. The molecular formula is C52H31N5. The average molecular weight is 726 g/mol. The quantitative estimate of drug-likeness (QED) is 0.181. The van der Waals surface area contributed by atoms with Crippen LogP contribution in [0.1, 0.15) is 0 Å². The van der Waals surface area contributed by atoms with Gasteiger partial charge in [-0.2, -0.15) is 0 Å². The minimum Gasteiger partial charge on any atom is -0.308 e. The molecule has 0 aliphatic heterocycles. The van der Waals surface area contributed by atoms with Crippen molar-refractivity contribution >= 4 is 81.7 Å². The van der Waals surface area contributed by atoms with Gasteiger partial charge in [0.1, 0.15) is 0 Å². The summed E-state index contributed by atoms with van der Waals surface area (Å²) in [4.78, 5) is 9.04. The van der Waals surface area contributed by atoms with Crippen LogP contribution in [0, 0.1) is 0 Å². The maximum Gasteiger partial charge on any atom is 0.0724 e. The summed E-state index contributed by atoms with van der Waals surface area (Å²) in [5.74, 6) is 0. The van der Waals surface area contributed by atoms with E-state index in [2.05, 4.69) is 187 Å². The molecule has 0 spiro atoms. The number of aromatic nitrogens is 5. The Morgan fingerprint density at radius 2 is 0.719 bits per heavy atom. The van der Waals surface area contributed by atoms with Crippen molar-refractivity contribution < 1.29 is 0 Å². The third-order valence-electron chi connectivity index (χ3n) is 12.1. The highest BCUT2D eigenvalue weighted by atomic mass is 15.0. The van der Waals surface area contributed by atoms with Gasteiger partial charge in [0, 0.05) is 66.9 Å². The topological polar surface area (TPSA) is 40.0 Å². The van der Waals surface area contributed by atoms with E-state index in [1.54, 1.807) is 0 Å². The van der Waals surface area contributed by atoms with Crippen molar-refractivity contribution in [3.8, 4) is 33.6 Å². The molecule has 0 fully saturated rings. The molecule has 0 bridgehead atoms. The zero-order chi connectivity index (χ0) is 37.2. The summed E-state index contributed by atoms with van der Waals surface area (Å²) < 4.78 is 7.11. The van der Waals surface area contributed by atoms with Crippen molar-refractivity contribution in [2.45, 2.75) is 0 Å². The number of benzene rings is 7. The van der Waals surface area contributed by atoms with Crippen LogP contribution in [0.3, 0.4) is 0 Å². The first kappa shape index (κ1) is 30.6. The van der Waals surface area contributed by atoms with E-state index in [1.807, 2.05) is 24.8 Å². The normalized spacial score (nSPS) is 12.2. The number of rotatable bonds is 4. The molecule has 13 rings (SSSR count). The summed E-state index contributed by atoms with van der Waals surface area (Å²) in [6.45, 7) is 0. The summed E-state index contributed by atoms with van der Waals surface area (Å²) in [7, 11) is 0. The Bertz CT molecular complexity index is 3740. The molecule has 0 amide bonds. The molecule has 264 valence electrons. The van der Waals surface area contributed by atoms with Crippen LogP contribution in [-0.4, -0.2) is 23.5 Å². The van der Waals surface area contributed by atoms with Crippen molar-refractivity contribution in [3.63, 3.8) is 0 Å². The summed E-state index contributed by atoms with van der Waals surface area (Å²) in [6.07, 6.45) is 7.75. The monoisotopic (exact) mass is 725 g/mol. The fourth-order valence-electron chi connectivity index (χ4n) is 9.65. The Hall–Kier alpha value is -7.76. The Morgan fingerprint density at radius 1 is 0.298 bits per heavy atom. The second-order valence-electron chi connectivity index (χ2n) is 15.1. The summed E-state index contributed by atoms with van der Waals surface area (Å²) in [5, 5.41) is 9.89. The van der Waals surface area contributed by atoms with Crippen molar-refractivity contribution in [2.75, 3.05) is 0 Å². The number of para-hydroxylation sites is 3. The van der Waals surface area contributed by atoms with Gasteiger partial charge in [-0.05, 0) is 113 Å². The molecule has 57 heavy (non-hydrogen) atoms. The van der Waals surface area contributed by atoms with E-state index in [0.29, 0.717) is 0 Å². The number of nitrogens with zero attached hydrogens (tertiary/aromatic N) is 5. The molecule has 13 aromatic rings. The third kappa shape index (κ3) is 4.23. The van der Waals surface area contributed by atoms with Crippen LogP contribution in [0.2, 0.25) is 0 Å². The summed E-state index contributed by atoms with van der Waals surface area (Å²) >= 11 is 0. The minimum atomic E-state index is 1.11. The summed E-state index contributed by atoms with van der Waals surface area (Å²) in [5.41, 5.74) is 15.3. The lowest BCUT2D eigenvalue weighted by molar-refractivity contribution is 1.17. The molecule has 0 aliphatic carbocycles.